The molecular formula is C18H22N2O3S. The molecule has 0 aliphatic carbocycles. The SMILES string of the molecule is CCOC(=O)[C@@H](Cc1ccccc1)N(C)C(=O)c1sc(C)nc1C. The Bertz CT molecular complexity index is 712. The van der Waals surface area contributed by atoms with Gasteiger partial charge in [-0.15, -0.1) is 11.3 Å². The van der Waals surface area contributed by atoms with Crippen LogP contribution in [0.15, 0.2) is 30.3 Å². The van der Waals surface area contributed by atoms with Gasteiger partial charge >= 0.3 is 5.97 Å². The summed E-state index contributed by atoms with van der Waals surface area (Å²) >= 11 is 1.35. The highest BCUT2D eigenvalue weighted by Gasteiger charge is 2.30. The first-order chi connectivity index (χ1) is 11.4. The summed E-state index contributed by atoms with van der Waals surface area (Å²) in [6.45, 7) is 5.71. The highest BCUT2D eigenvalue weighted by molar-refractivity contribution is 7.13. The van der Waals surface area contributed by atoms with Gasteiger partial charge in [-0.25, -0.2) is 9.78 Å². The van der Waals surface area contributed by atoms with E-state index in [9.17, 15) is 9.59 Å². The Labute approximate surface area is 146 Å². The fourth-order valence-corrected chi connectivity index (χ4v) is 3.39. The monoisotopic (exact) mass is 346 g/mol. The lowest BCUT2D eigenvalue weighted by atomic mass is 10.0. The van der Waals surface area contributed by atoms with Gasteiger partial charge in [0, 0.05) is 13.5 Å². The molecule has 1 aromatic carbocycles. The summed E-state index contributed by atoms with van der Waals surface area (Å²) in [6.07, 6.45) is 0.415. The van der Waals surface area contributed by atoms with Crippen LogP contribution in [0.25, 0.3) is 0 Å². The van der Waals surface area contributed by atoms with Gasteiger partial charge in [-0.05, 0) is 26.3 Å². The summed E-state index contributed by atoms with van der Waals surface area (Å²) in [6, 6.07) is 8.95. The average Bonchev–Trinajstić information content (AvgIpc) is 2.91. The number of ether oxygens (including phenoxy) is 1. The first-order valence-corrected chi connectivity index (χ1v) is 8.67. The van der Waals surface area contributed by atoms with Crippen LogP contribution in [-0.2, 0) is 16.0 Å². The first-order valence-electron chi connectivity index (χ1n) is 7.85. The lowest BCUT2D eigenvalue weighted by Gasteiger charge is -2.26. The minimum absolute atomic E-state index is 0.202. The number of hydrogen-bond donors (Lipinski definition) is 0. The van der Waals surface area contributed by atoms with E-state index in [0.29, 0.717) is 17.0 Å². The number of aromatic nitrogens is 1. The van der Waals surface area contributed by atoms with Crippen LogP contribution < -0.4 is 0 Å². The van der Waals surface area contributed by atoms with Gasteiger partial charge in [0.25, 0.3) is 5.91 Å². The number of carbonyl (C=O) groups excluding carboxylic acids is 2. The molecule has 0 saturated heterocycles. The van der Waals surface area contributed by atoms with Gasteiger partial charge in [0.05, 0.1) is 17.3 Å². The predicted molar refractivity (Wildman–Crippen MR) is 94.2 cm³/mol. The van der Waals surface area contributed by atoms with E-state index in [0.717, 1.165) is 10.6 Å². The van der Waals surface area contributed by atoms with E-state index in [1.54, 1.807) is 20.9 Å². The Balaban J connectivity index is 2.26. The lowest BCUT2D eigenvalue weighted by Crippen LogP contribution is -2.44. The maximum Gasteiger partial charge on any atom is 0.329 e. The topological polar surface area (TPSA) is 59.5 Å². The van der Waals surface area contributed by atoms with E-state index in [1.165, 1.54) is 16.2 Å². The molecule has 0 unspecified atom stereocenters. The zero-order valence-corrected chi connectivity index (χ0v) is 15.2. The molecule has 2 aromatic rings. The molecule has 2 rings (SSSR count). The molecule has 1 aromatic heterocycles. The van der Waals surface area contributed by atoms with Gasteiger partial charge in [0.2, 0.25) is 0 Å². The average molecular weight is 346 g/mol. The number of likely N-dealkylation sites (N-methyl/N-ethyl adjacent to an activating group) is 1. The number of esters is 1. The standard InChI is InChI=1S/C18H22N2O3S/c1-5-23-18(22)15(11-14-9-7-6-8-10-14)20(4)17(21)16-12(2)19-13(3)24-16/h6-10,15H,5,11H2,1-4H3/t15-/m1/s1. The largest absolute Gasteiger partial charge is 0.464 e. The summed E-state index contributed by atoms with van der Waals surface area (Å²) in [5.74, 6) is -0.594. The van der Waals surface area contributed by atoms with Crippen molar-refractivity contribution in [3.63, 3.8) is 0 Å². The van der Waals surface area contributed by atoms with E-state index in [1.807, 2.05) is 37.3 Å². The van der Waals surface area contributed by atoms with E-state index < -0.39 is 12.0 Å². The van der Waals surface area contributed by atoms with Gasteiger partial charge in [0.15, 0.2) is 0 Å². The lowest BCUT2D eigenvalue weighted by molar-refractivity contribution is -0.148. The molecule has 0 aliphatic rings. The van der Waals surface area contributed by atoms with E-state index in [2.05, 4.69) is 4.98 Å². The van der Waals surface area contributed by atoms with Gasteiger partial charge in [0.1, 0.15) is 10.9 Å². The Kier molecular flexibility index (Phi) is 6.09. The molecule has 0 fully saturated rings. The normalized spacial score (nSPS) is 11.8. The van der Waals surface area contributed by atoms with E-state index >= 15 is 0 Å². The van der Waals surface area contributed by atoms with Crippen LogP contribution in [0, 0.1) is 13.8 Å². The third-order valence-electron chi connectivity index (χ3n) is 3.72. The maximum absolute atomic E-state index is 12.8. The number of aryl methyl sites for hydroxylation is 2. The molecule has 128 valence electrons. The number of nitrogens with zero attached hydrogens (tertiary/aromatic N) is 2. The van der Waals surface area contributed by atoms with Gasteiger partial charge < -0.3 is 9.64 Å². The third-order valence-corrected chi connectivity index (χ3v) is 4.78. The molecule has 0 radical (unpaired) electrons. The van der Waals surface area contributed by atoms with Crippen molar-refractivity contribution in [2.45, 2.75) is 33.2 Å². The molecule has 5 nitrogen and oxygen atoms in total. The van der Waals surface area contributed by atoms with Crippen molar-refractivity contribution in [3.05, 3.63) is 51.5 Å². The highest BCUT2D eigenvalue weighted by atomic mass is 32.1. The van der Waals surface area contributed by atoms with Crippen LogP contribution in [0.4, 0.5) is 0 Å². The molecule has 24 heavy (non-hydrogen) atoms. The van der Waals surface area contributed by atoms with Crippen molar-refractivity contribution in [3.8, 4) is 0 Å². The van der Waals surface area contributed by atoms with Crippen molar-refractivity contribution in [2.75, 3.05) is 13.7 Å². The minimum atomic E-state index is -0.665. The number of amides is 1. The summed E-state index contributed by atoms with van der Waals surface area (Å²) < 4.78 is 5.17. The van der Waals surface area contributed by atoms with Crippen molar-refractivity contribution >= 4 is 23.2 Å². The second-order valence-corrected chi connectivity index (χ2v) is 6.72. The molecule has 1 atom stereocenters. The number of carbonyl (C=O) groups is 2. The quantitative estimate of drug-likeness (QED) is 0.755. The van der Waals surface area contributed by atoms with Crippen LogP contribution in [0.1, 0.15) is 32.9 Å². The van der Waals surface area contributed by atoms with E-state index in [4.69, 9.17) is 4.74 Å². The second-order valence-electron chi connectivity index (χ2n) is 5.52. The van der Waals surface area contributed by atoms with Crippen LogP contribution >= 0.6 is 11.3 Å². The molecule has 0 N–H and O–H groups in total. The Morgan fingerprint density at radius 3 is 2.46 bits per heavy atom. The summed E-state index contributed by atoms with van der Waals surface area (Å²) in [5.41, 5.74) is 1.67. The maximum atomic E-state index is 12.8. The first kappa shape index (κ1) is 18.1. The summed E-state index contributed by atoms with van der Waals surface area (Å²) in [7, 11) is 1.64. The van der Waals surface area contributed by atoms with Crippen molar-refractivity contribution in [1.82, 2.24) is 9.88 Å². The zero-order chi connectivity index (χ0) is 17.7. The Morgan fingerprint density at radius 1 is 1.25 bits per heavy atom. The number of rotatable bonds is 6. The fourth-order valence-electron chi connectivity index (χ4n) is 2.49. The molecule has 1 heterocycles. The van der Waals surface area contributed by atoms with Crippen LogP contribution in [-0.4, -0.2) is 41.5 Å². The Morgan fingerprint density at radius 2 is 1.92 bits per heavy atom. The number of benzene rings is 1. The van der Waals surface area contributed by atoms with Crippen molar-refractivity contribution < 1.29 is 14.3 Å². The van der Waals surface area contributed by atoms with Crippen LogP contribution in [0.5, 0.6) is 0 Å². The zero-order valence-electron chi connectivity index (χ0n) is 14.4. The fraction of sp³-hybridized carbons (Fsp3) is 0.389. The van der Waals surface area contributed by atoms with Crippen molar-refractivity contribution in [1.29, 1.82) is 0 Å². The molecule has 0 saturated carbocycles. The number of thiazole rings is 1. The van der Waals surface area contributed by atoms with E-state index in [-0.39, 0.29) is 12.5 Å². The van der Waals surface area contributed by atoms with Crippen LogP contribution in [0.3, 0.4) is 0 Å². The predicted octanol–water partition coefficient (Wildman–Crippen LogP) is 3.01. The van der Waals surface area contributed by atoms with Crippen molar-refractivity contribution in [2.24, 2.45) is 0 Å². The van der Waals surface area contributed by atoms with Gasteiger partial charge in [-0.3, -0.25) is 4.79 Å². The molecule has 6 heteroatoms. The second kappa shape index (κ2) is 8.06. The van der Waals surface area contributed by atoms with Gasteiger partial charge in [-0.1, -0.05) is 30.3 Å². The molecule has 0 aliphatic heterocycles. The smallest absolute Gasteiger partial charge is 0.329 e. The summed E-state index contributed by atoms with van der Waals surface area (Å²) in [4.78, 5) is 31.5. The molecule has 0 bridgehead atoms. The highest BCUT2D eigenvalue weighted by Crippen LogP contribution is 2.21. The molecule has 1 amide bonds. The Hall–Kier alpha value is -2.21. The minimum Gasteiger partial charge on any atom is -0.464 e. The van der Waals surface area contributed by atoms with Crippen LogP contribution in [0.2, 0.25) is 0 Å². The number of hydrogen-bond acceptors (Lipinski definition) is 5. The summed E-state index contributed by atoms with van der Waals surface area (Å²) in [5, 5.41) is 0.833. The third kappa shape index (κ3) is 4.20. The van der Waals surface area contributed by atoms with Gasteiger partial charge in [-0.2, -0.15) is 0 Å². The molecular weight excluding hydrogens is 324 g/mol. The molecule has 0 spiro atoms.